The molecule has 0 aromatic heterocycles. The minimum atomic E-state index is -0.217. The van der Waals surface area contributed by atoms with Gasteiger partial charge in [0.2, 0.25) is 5.91 Å². The van der Waals surface area contributed by atoms with Crippen LogP contribution in [0.2, 0.25) is 10.0 Å². The number of hydrogen-bond donors (Lipinski definition) is 1. The van der Waals surface area contributed by atoms with Crippen LogP contribution in [0.5, 0.6) is 0 Å². The number of piperazine rings is 1. The first-order valence-corrected chi connectivity index (χ1v) is 9.18. The van der Waals surface area contributed by atoms with Gasteiger partial charge in [0.15, 0.2) is 0 Å². The van der Waals surface area contributed by atoms with Crippen LogP contribution >= 0.6 is 23.2 Å². The Hall–Kier alpha value is -1.66. The van der Waals surface area contributed by atoms with E-state index in [1.165, 1.54) is 12.1 Å². The Morgan fingerprint density at radius 1 is 0.962 bits per heavy atom. The van der Waals surface area contributed by atoms with Crippen molar-refractivity contribution in [2.24, 2.45) is 0 Å². The van der Waals surface area contributed by atoms with E-state index in [4.69, 9.17) is 23.2 Å². The maximum Gasteiger partial charge on any atom is 0.238 e. The second-order valence-electron chi connectivity index (χ2n) is 6.39. The number of hydrogen-bond acceptors (Lipinski definition) is 3. The molecule has 4 nitrogen and oxygen atoms in total. The molecular formula is C19H20Cl2FN3O. The van der Waals surface area contributed by atoms with Crippen molar-refractivity contribution in [2.45, 2.75) is 6.54 Å². The fraction of sp³-hybridized carbons (Fsp3) is 0.316. The van der Waals surface area contributed by atoms with Gasteiger partial charge in [-0.2, -0.15) is 0 Å². The molecule has 0 atom stereocenters. The summed E-state index contributed by atoms with van der Waals surface area (Å²) in [7, 11) is 0. The van der Waals surface area contributed by atoms with Crippen LogP contribution in [0.15, 0.2) is 42.5 Å². The van der Waals surface area contributed by atoms with Gasteiger partial charge in [-0.25, -0.2) is 4.39 Å². The van der Waals surface area contributed by atoms with Gasteiger partial charge >= 0.3 is 0 Å². The Bertz CT molecular complexity index is 742. The van der Waals surface area contributed by atoms with Crippen molar-refractivity contribution in [3.63, 3.8) is 0 Å². The number of rotatable bonds is 5. The number of nitrogens with zero attached hydrogens (tertiary/aromatic N) is 2. The molecule has 0 spiro atoms. The summed E-state index contributed by atoms with van der Waals surface area (Å²) in [5.74, 6) is -0.305. The van der Waals surface area contributed by atoms with Gasteiger partial charge in [0, 0.05) is 48.5 Å². The first-order chi connectivity index (χ1) is 12.5. The highest BCUT2D eigenvalue weighted by Gasteiger charge is 2.19. The van der Waals surface area contributed by atoms with Crippen molar-refractivity contribution in [3.8, 4) is 0 Å². The minimum Gasteiger partial charge on any atom is -0.325 e. The summed E-state index contributed by atoms with van der Waals surface area (Å²) >= 11 is 11.9. The second kappa shape index (κ2) is 8.82. The fourth-order valence-corrected chi connectivity index (χ4v) is 3.51. The van der Waals surface area contributed by atoms with Crippen LogP contribution < -0.4 is 5.32 Å². The van der Waals surface area contributed by atoms with Gasteiger partial charge in [0.1, 0.15) is 5.82 Å². The second-order valence-corrected chi connectivity index (χ2v) is 7.26. The van der Waals surface area contributed by atoms with Crippen LogP contribution in [0.3, 0.4) is 0 Å². The molecule has 0 aliphatic carbocycles. The van der Waals surface area contributed by atoms with E-state index in [1.54, 1.807) is 18.2 Å². The van der Waals surface area contributed by atoms with Crippen LogP contribution in [-0.4, -0.2) is 48.4 Å². The predicted molar refractivity (Wildman–Crippen MR) is 103 cm³/mol. The molecule has 138 valence electrons. The molecule has 3 rings (SSSR count). The molecule has 1 heterocycles. The highest BCUT2D eigenvalue weighted by Crippen LogP contribution is 2.22. The summed E-state index contributed by atoms with van der Waals surface area (Å²) in [5, 5.41) is 3.80. The molecule has 1 amide bonds. The Kier molecular flexibility index (Phi) is 6.48. The van der Waals surface area contributed by atoms with Gasteiger partial charge in [-0.1, -0.05) is 35.3 Å². The van der Waals surface area contributed by atoms with Gasteiger partial charge in [0.25, 0.3) is 0 Å². The number of carbonyl (C=O) groups excluding carboxylic acids is 1. The van der Waals surface area contributed by atoms with E-state index in [0.717, 1.165) is 38.3 Å². The summed E-state index contributed by atoms with van der Waals surface area (Å²) in [6.45, 7) is 4.48. The van der Waals surface area contributed by atoms with E-state index in [0.29, 0.717) is 22.3 Å². The van der Waals surface area contributed by atoms with Crippen molar-refractivity contribution < 1.29 is 9.18 Å². The number of amides is 1. The average molecular weight is 396 g/mol. The van der Waals surface area contributed by atoms with Crippen LogP contribution in [0, 0.1) is 5.82 Å². The van der Waals surface area contributed by atoms with E-state index in [9.17, 15) is 9.18 Å². The van der Waals surface area contributed by atoms with Gasteiger partial charge in [-0.05, 0) is 35.9 Å². The standard InChI is InChI=1S/C19H20Cl2FN3O/c20-15-9-16(21)11-18(10-15)23-19(26)13-25-7-5-24(6-8-25)12-14-1-3-17(22)4-2-14/h1-4,9-11H,5-8,12-13H2,(H,23,26). The quantitative estimate of drug-likeness (QED) is 0.833. The molecule has 1 fully saturated rings. The Labute approximate surface area is 162 Å². The number of anilines is 1. The molecule has 2 aromatic carbocycles. The fourth-order valence-electron chi connectivity index (χ4n) is 2.98. The van der Waals surface area contributed by atoms with E-state index in [-0.39, 0.29) is 11.7 Å². The summed E-state index contributed by atoms with van der Waals surface area (Å²) in [4.78, 5) is 16.6. The third-order valence-corrected chi connectivity index (χ3v) is 4.73. The Morgan fingerprint density at radius 3 is 2.15 bits per heavy atom. The van der Waals surface area contributed by atoms with Crippen LogP contribution in [-0.2, 0) is 11.3 Å². The zero-order chi connectivity index (χ0) is 18.5. The lowest BCUT2D eigenvalue weighted by Crippen LogP contribution is -2.48. The average Bonchev–Trinajstić information content (AvgIpc) is 2.57. The minimum absolute atomic E-state index is 0.0877. The third-order valence-electron chi connectivity index (χ3n) is 4.30. The molecule has 2 aromatic rings. The smallest absolute Gasteiger partial charge is 0.238 e. The zero-order valence-corrected chi connectivity index (χ0v) is 15.7. The van der Waals surface area contributed by atoms with E-state index in [1.807, 2.05) is 12.1 Å². The molecule has 7 heteroatoms. The predicted octanol–water partition coefficient (Wildman–Crippen LogP) is 3.89. The first kappa shape index (κ1) is 19.1. The van der Waals surface area contributed by atoms with Gasteiger partial charge < -0.3 is 5.32 Å². The molecule has 1 N–H and O–H groups in total. The Balaban J connectivity index is 1.44. The summed E-state index contributed by atoms with van der Waals surface area (Å²) in [6.07, 6.45) is 0. The van der Waals surface area contributed by atoms with Crippen molar-refractivity contribution >= 4 is 34.8 Å². The molecule has 1 aliphatic rings. The molecule has 0 radical (unpaired) electrons. The largest absolute Gasteiger partial charge is 0.325 e. The zero-order valence-electron chi connectivity index (χ0n) is 14.2. The normalized spacial score (nSPS) is 15.8. The molecular weight excluding hydrogens is 376 g/mol. The van der Waals surface area contributed by atoms with Gasteiger partial charge in [-0.15, -0.1) is 0 Å². The van der Waals surface area contributed by atoms with Crippen LogP contribution in [0.4, 0.5) is 10.1 Å². The molecule has 0 unspecified atom stereocenters. The van der Waals surface area contributed by atoms with E-state index >= 15 is 0 Å². The summed E-state index contributed by atoms with van der Waals surface area (Å²) in [5.41, 5.74) is 1.69. The van der Waals surface area contributed by atoms with Crippen molar-refractivity contribution in [3.05, 3.63) is 63.9 Å². The Morgan fingerprint density at radius 2 is 1.54 bits per heavy atom. The molecule has 26 heavy (non-hydrogen) atoms. The van der Waals surface area contributed by atoms with Gasteiger partial charge in [-0.3, -0.25) is 14.6 Å². The molecule has 0 bridgehead atoms. The first-order valence-electron chi connectivity index (χ1n) is 8.43. The molecule has 0 saturated carbocycles. The summed E-state index contributed by atoms with van der Waals surface area (Å²) in [6, 6.07) is 11.6. The lowest BCUT2D eigenvalue weighted by molar-refractivity contribution is -0.117. The van der Waals surface area contributed by atoms with Crippen molar-refractivity contribution in [1.29, 1.82) is 0 Å². The third kappa shape index (κ3) is 5.68. The van der Waals surface area contributed by atoms with Crippen molar-refractivity contribution in [2.75, 3.05) is 38.0 Å². The van der Waals surface area contributed by atoms with Crippen molar-refractivity contribution in [1.82, 2.24) is 9.80 Å². The van der Waals surface area contributed by atoms with Gasteiger partial charge in [0.05, 0.1) is 6.54 Å². The van der Waals surface area contributed by atoms with Crippen LogP contribution in [0.1, 0.15) is 5.56 Å². The maximum absolute atomic E-state index is 13.0. The highest BCUT2D eigenvalue weighted by molar-refractivity contribution is 6.35. The SMILES string of the molecule is O=C(CN1CCN(Cc2ccc(F)cc2)CC1)Nc1cc(Cl)cc(Cl)c1. The maximum atomic E-state index is 13.0. The lowest BCUT2D eigenvalue weighted by Gasteiger charge is -2.34. The lowest BCUT2D eigenvalue weighted by atomic mass is 10.2. The van der Waals surface area contributed by atoms with Crippen LogP contribution in [0.25, 0.3) is 0 Å². The van der Waals surface area contributed by atoms with E-state index < -0.39 is 0 Å². The highest BCUT2D eigenvalue weighted by atomic mass is 35.5. The summed E-state index contributed by atoms with van der Waals surface area (Å²) < 4.78 is 13.0. The number of benzene rings is 2. The molecule has 1 saturated heterocycles. The number of halogens is 3. The number of nitrogens with one attached hydrogen (secondary N) is 1. The molecule has 1 aliphatic heterocycles. The number of carbonyl (C=O) groups is 1. The monoisotopic (exact) mass is 395 g/mol. The topological polar surface area (TPSA) is 35.6 Å². The van der Waals surface area contributed by atoms with E-state index in [2.05, 4.69) is 15.1 Å².